The van der Waals surface area contributed by atoms with E-state index in [1.165, 1.54) is 0 Å². The van der Waals surface area contributed by atoms with Gasteiger partial charge in [-0.2, -0.15) is 5.10 Å². The van der Waals surface area contributed by atoms with Gasteiger partial charge < -0.3 is 0 Å². The molecule has 2 aromatic heterocycles. The van der Waals surface area contributed by atoms with Gasteiger partial charge in [0, 0.05) is 6.20 Å². The lowest BCUT2D eigenvalue weighted by molar-refractivity contribution is 0.747. The van der Waals surface area contributed by atoms with Crippen molar-refractivity contribution in [1.82, 2.24) is 19.6 Å². The van der Waals surface area contributed by atoms with E-state index in [1.54, 1.807) is 12.5 Å². The van der Waals surface area contributed by atoms with Gasteiger partial charge in [0.05, 0.1) is 11.9 Å². The van der Waals surface area contributed by atoms with Crippen LogP contribution in [0.1, 0.15) is 25.5 Å². The van der Waals surface area contributed by atoms with Crippen molar-refractivity contribution in [1.29, 1.82) is 0 Å². The van der Waals surface area contributed by atoms with Gasteiger partial charge in [0.1, 0.15) is 6.33 Å². The summed E-state index contributed by atoms with van der Waals surface area (Å²) in [5.41, 5.74) is 1.89. The molecule has 0 amide bonds. The average Bonchev–Trinajstić information content (AvgIpc) is 2.49. The van der Waals surface area contributed by atoms with Crippen molar-refractivity contribution in [2.45, 2.75) is 19.8 Å². The summed E-state index contributed by atoms with van der Waals surface area (Å²) < 4.78 is 1.82. The Balaban J connectivity index is 2.73. The maximum Gasteiger partial charge on any atom is 0.173 e. The molecule has 0 radical (unpaired) electrons. The van der Waals surface area contributed by atoms with E-state index < -0.39 is 0 Å². The minimum Gasteiger partial charge on any atom is -0.259 e. The second-order valence-corrected chi connectivity index (χ2v) is 3.02. The second kappa shape index (κ2) is 2.55. The van der Waals surface area contributed by atoms with Crippen LogP contribution in [-0.2, 0) is 0 Å². The van der Waals surface area contributed by atoms with Crippen LogP contribution in [-0.4, -0.2) is 19.6 Å². The first-order valence-electron chi connectivity index (χ1n) is 3.92. The number of nitrogens with zero attached hydrogens (tertiary/aromatic N) is 4. The van der Waals surface area contributed by atoms with Gasteiger partial charge in [-0.25, -0.2) is 9.50 Å². The van der Waals surface area contributed by atoms with Crippen molar-refractivity contribution in [3.63, 3.8) is 0 Å². The zero-order valence-electron chi connectivity index (χ0n) is 7.10. The van der Waals surface area contributed by atoms with Crippen molar-refractivity contribution < 1.29 is 0 Å². The number of fused-ring (bicyclic) bond motifs is 1. The quantitative estimate of drug-likeness (QED) is 0.633. The number of hydrogen-bond acceptors (Lipinski definition) is 3. The van der Waals surface area contributed by atoms with E-state index in [0.29, 0.717) is 5.92 Å². The highest BCUT2D eigenvalue weighted by molar-refractivity contribution is 5.34. The highest BCUT2D eigenvalue weighted by atomic mass is 15.3. The molecular formula is C8H10N4. The lowest BCUT2D eigenvalue weighted by Crippen LogP contribution is -2.01. The van der Waals surface area contributed by atoms with Crippen molar-refractivity contribution in [3.8, 4) is 0 Å². The van der Waals surface area contributed by atoms with E-state index in [1.807, 2.05) is 10.7 Å². The molecule has 2 heterocycles. The van der Waals surface area contributed by atoms with E-state index >= 15 is 0 Å². The van der Waals surface area contributed by atoms with E-state index in [2.05, 4.69) is 28.9 Å². The summed E-state index contributed by atoms with van der Waals surface area (Å²) in [6.07, 6.45) is 5.08. The van der Waals surface area contributed by atoms with Crippen LogP contribution >= 0.6 is 0 Å². The Morgan fingerprint density at radius 1 is 1.33 bits per heavy atom. The van der Waals surface area contributed by atoms with E-state index in [4.69, 9.17) is 0 Å². The zero-order chi connectivity index (χ0) is 8.55. The van der Waals surface area contributed by atoms with Crippen molar-refractivity contribution in [3.05, 3.63) is 24.4 Å². The molecule has 0 aliphatic heterocycles. The van der Waals surface area contributed by atoms with Crippen LogP contribution in [0.2, 0.25) is 0 Å². The summed E-state index contributed by atoms with van der Waals surface area (Å²) in [7, 11) is 0. The third-order valence-electron chi connectivity index (χ3n) is 1.81. The molecule has 0 bridgehead atoms. The molecule has 0 aliphatic rings. The van der Waals surface area contributed by atoms with E-state index in [-0.39, 0.29) is 0 Å². The fraction of sp³-hybridized carbons (Fsp3) is 0.375. The molecule has 62 valence electrons. The maximum absolute atomic E-state index is 4.11. The Hall–Kier alpha value is -1.45. The van der Waals surface area contributed by atoms with E-state index in [9.17, 15) is 0 Å². The first-order chi connectivity index (χ1) is 5.79. The molecule has 0 saturated heterocycles. The highest BCUT2D eigenvalue weighted by Crippen LogP contribution is 2.12. The molecule has 12 heavy (non-hydrogen) atoms. The van der Waals surface area contributed by atoms with Gasteiger partial charge in [-0.05, 0) is 5.92 Å². The molecule has 0 saturated carbocycles. The molecule has 0 unspecified atom stereocenters. The van der Waals surface area contributed by atoms with Gasteiger partial charge in [0.25, 0.3) is 0 Å². The van der Waals surface area contributed by atoms with Gasteiger partial charge in [0.15, 0.2) is 5.65 Å². The van der Waals surface area contributed by atoms with Gasteiger partial charge in [0.2, 0.25) is 0 Å². The Kier molecular flexibility index (Phi) is 1.53. The Labute approximate surface area is 70.3 Å². The van der Waals surface area contributed by atoms with Crippen LogP contribution in [0, 0.1) is 0 Å². The van der Waals surface area contributed by atoms with Crippen molar-refractivity contribution >= 4 is 5.65 Å². The van der Waals surface area contributed by atoms with Crippen LogP contribution < -0.4 is 0 Å². The molecule has 0 atom stereocenters. The van der Waals surface area contributed by atoms with Gasteiger partial charge >= 0.3 is 0 Å². The number of rotatable bonds is 1. The largest absolute Gasteiger partial charge is 0.259 e. The molecule has 2 aromatic rings. The summed E-state index contributed by atoms with van der Waals surface area (Å²) in [5, 5.41) is 4.11. The van der Waals surface area contributed by atoms with Crippen molar-refractivity contribution in [2.75, 3.05) is 0 Å². The Bertz CT molecular complexity index is 391. The summed E-state index contributed by atoms with van der Waals surface area (Å²) in [4.78, 5) is 8.13. The monoisotopic (exact) mass is 162 g/mol. The minimum atomic E-state index is 0.419. The second-order valence-electron chi connectivity index (χ2n) is 3.02. The van der Waals surface area contributed by atoms with Crippen LogP contribution in [0.3, 0.4) is 0 Å². The Morgan fingerprint density at radius 2 is 2.17 bits per heavy atom. The molecule has 2 rings (SSSR count). The summed E-state index contributed by atoms with van der Waals surface area (Å²) in [5.74, 6) is 0.419. The van der Waals surface area contributed by atoms with Crippen LogP contribution in [0.25, 0.3) is 5.65 Å². The summed E-state index contributed by atoms with van der Waals surface area (Å²) >= 11 is 0. The maximum atomic E-state index is 4.11. The third kappa shape index (κ3) is 0.958. The standard InChI is InChI=1S/C8H10N4/c1-6(2)7-3-9-4-8-10-5-11-12(7)8/h3-6H,1-2H3. The fourth-order valence-electron chi connectivity index (χ4n) is 1.17. The van der Waals surface area contributed by atoms with Gasteiger partial charge in [-0.1, -0.05) is 13.8 Å². The third-order valence-corrected chi connectivity index (χ3v) is 1.81. The normalized spacial score (nSPS) is 11.2. The molecule has 0 N–H and O–H groups in total. The predicted molar refractivity (Wildman–Crippen MR) is 44.9 cm³/mol. The molecule has 4 heteroatoms. The van der Waals surface area contributed by atoms with Crippen LogP contribution in [0.15, 0.2) is 18.7 Å². The topological polar surface area (TPSA) is 43.1 Å². The predicted octanol–water partition coefficient (Wildman–Crippen LogP) is 1.25. The molecule has 0 fully saturated rings. The fourth-order valence-corrected chi connectivity index (χ4v) is 1.17. The highest BCUT2D eigenvalue weighted by Gasteiger charge is 2.05. The smallest absolute Gasteiger partial charge is 0.173 e. The van der Waals surface area contributed by atoms with Gasteiger partial charge in [-0.15, -0.1) is 0 Å². The minimum absolute atomic E-state index is 0.419. The first-order valence-corrected chi connectivity index (χ1v) is 3.92. The molecule has 0 aliphatic carbocycles. The summed E-state index contributed by atoms with van der Waals surface area (Å²) in [6.45, 7) is 4.22. The van der Waals surface area contributed by atoms with Crippen LogP contribution in [0.5, 0.6) is 0 Å². The molecule has 0 aromatic carbocycles. The molecule has 4 nitrogen and oxygen atoms in total. The number of aromatic nitrogens is 4. The molecule has 0 spiro atoms. The van der Waals surface area contributed by atoms with Crippen LogP contribution in [0.4, 0.5) is 0 Å². The average molecular weight is 162 g/mol. The lowest BCUT2D eigenvalue weighted by atomic mass is 10.1. The number of hydrogen-bond donors (Lipinski definition) is 0. The zero-order valence-corrected chi connectivity index (χ0v) is 7.10. The first kappa shape index (κ1) is 7.21. The van der Waals surface area contributed by atoms with E-state index in [0.717, 1.165) is 11.3 Å². The molecular weight excluding hydrogens is 152 g/mol. The van der Waals surface area contributed by atoms with Gasteiger partial charge in [-0.3, -0.25) is 4.98 Å². The lowest BCUT2D eigenvalue weighted by Gasteiger charge is -2.05. The SMILES string of the molecule is CC(C)c1cncc2ncnn12. The van der Waals surface area contributed by atoms with Crippen molar-refractivity contribution in [2.24, 2.45) is 0 Å². The summed E-state index contributed by atoms with van der Waals surface area (Å²) in [6, 6.07) is 0. The Morgan fingerprint density at radius 3 is 2.92 bits per heavy atom.